The third-order valence-corrected chi connectivity index (χ3v) is 2.54. The summed E-state index contributed by atoms with van der Waals surface area (Å²) in [4.78, 5) is 0. The van der Waals surface area contributed by atoms with Gasteiger partial charge in [-0.1, -0.05) is 19.1 Å². The van der Waals surface area contributed by atoms with Crippen LogP contribution < -0.4 is 10.1 Å². The fourth-order valence-corrected chi connectivity index (χ4v) is 1.47. The van der Waals surface area contributed by atoms with Gasteiger partial charge in [0.05, 0.1) is 13.2 Å². The van der Waals surface area contributed by atoms with E-state index in [1.165, 1.54) is 5.56 Å². The van der Waals surface area contributed by atoms with Crippen LogP contribution in [0.4, 0.5) is 0 Å². The summed E-state index contributed by atoms with van der Waals surface area (Å²) >= 11 is 0. The van der Waals surface area contributed by atoms with Crippen LogP contribution in [0.15, 0.2) is 24.3 Å². The Bertz CT molecular complexity index is 286. The van der Waals surface area contributed by atoms with Gasteiger partial charge < -0.3 is 15.2 Å². The van der Waals surface area contributed by atoms with E-state index in [9.17, 15) is 0 Å². The molecule has 17 heavy (non-hydrogen) atoms. The summed E-state index contributed by atoms with van der Waals surface area (Å²) < 4.78 is 5.37. The third kappa shape index (κ3) is 5.91. The van der Waals surface area contributed by atoms with E-state index in [1.807, 2.05) is 31.2 Å². The van der Waals surface area contributed by atoms with Gasteiger partial charge >= 0.3 is 0 Å². The van der Waals surface area contributed by atoms with E-state index in [1.54, 1.807) is 0 Å². The van der Waals surface area contributed by atoms with Crippen molar-refractivity contribution < 1.29 is 9.84 Å². The first-order valence-electron chi connectivity index (χ1n) is 5.86. The zero-order chi connectivity index (χ0) is 11.8. The predicted molar refractivity (Wildman–Crippen MR) is 72.9 cm³/mol. The summed E-state index contributed by atoms with van der Waals surface area (Å²) in [7, 11) is 0. The van der Waals surface area contributed by atoms with Crippen molar-refractivity contribution in [2.75, 3.05) is 13.2 Å². The van der Waals surface area contributed by atoms with Crippen molar-refractivity contribution in [1.29, 1.82) is 0 Å². The Kier molecular flexibility index (Phi) is 8.86. The number of benzene rings is 1. The van der Waals surface area contributed by atoms with Gasteiger partial charge in [0.15, 0.2) is 0 Å². The van der Waals surface area contributed by atoms with Crippen molar-refractivity contribution in [1.82, 2.24) is 5.32 Å². The van der Waals surface area contributed by atoms with E-state index in [-0.39, 0.29) is 25.1 Å². The Morgan fingerprint density at radius 3 is 2.35 bits per heavy atom. The van der Waals surface area contributed by atoms with Crippen LogP contribution in [-0.4, -0.2) is 24.4 Å². The molecule has 0 saturated heterocycles. The lowest BCUT2D eigenvalue weighted by Gasteiger charge is -2.14. The number of hydrogen-bond donors (Lipinski definition) is 2. The lowest BCUT2D eigenvalue weighted by atomic mass is 10.2. The molecule has 2 N–H and O–H groups in total. The van der Waals surface area contributed by atoms with Crippen molar-refractivity contribution in [3.05, 3.63) is 29.8 Å². The minimum absolute atomic E-state index is 0. The molecule has 0 aliphatic heterocycles. The highest BCUT2D eigenvalue weighted by molar-refractivity contribution is 5.85. The lowest BCUT2D eigenvalue weighted by molar-refractivity contribution is 0.238. The van der Waals surface area contributed by atoms with E-state index in [0.29, 0.717) is 6.61 Å². The van der Waals surface area contributed by atoms with Crippen LogP contribution in [0, 0.1) is 0 Å². The molecule has 0 fully saturated rings. The number of nitrogens with one attached hydrogen (secondary N) is 1. The van der Waals surface area contributed by atoms with E-state index in [0.717, 1.165) is 18.7 Å². The zero-order valence-corrected chi connectivity index (χ0v) is 11.3. The molecule has 0 radical (unpaired) electrons. The Morgan fingerprint density at radius 2 is 1.88 bits per heavy atom. The molecule has 1 aromatic carbocycles. The highest BCUT2D eigenvalue weighted by Gasteiger charge is 2.03. The molecule has 0 amide bonds. The second kappa shape index (κ2) is 9.28. The molecule has 1 aromatic rings. The average Bonchev–Trinajstić information content (AvgIpc) is 2.33. The molecule has 0 spiro atoms. The third-order valence-electron chi connectivity index (χ3n) is 2.54. The monoisotopic (exact) mass is 259 g/mol. The fraction of sp³-hybridized carbons (Fsp3) is 0.538. The number of aliphatic hydroxyl groups excluding tert-OH is 1. The quantitative estimate of drug-likeness (QED) is 0.790. The molecule has 1 rings (SSSR count). The number of ether oxygens (including phenoxy) is 1. The summed E-state index contributed by atoms with van der Waals surface area (Å²) in [6.45, 7) is 5.70. The maximum absolute atomic E-state index is 9.04. The highest BCUT2D eigenvalue weighted by Crippen LogP contribution is 2.12. The predicted octanol–water partition coefficient (Wildman–Crippen LogP) is 2.37. The van der Waals surface area contributed by atoms with Crippen molar-refractivity contribution >= 4 is 12.4 Å². The van der Waals surface area contributed by atoms with Gasteiger partial charge in [-0.05, 0) is 31.0 Å². The Labute approximate surface area is 110 Å². The minimum atomic E-state index is 0. The molecular weight excluding hydrogens is 238 g/mol. The maximum Gasteiger partial charge on any atom is 0.119 e. The number of rotatable bonds is 7. The summed E-state index contributed by atoms with van der Waals surface area (Å²) in [6, 6.07) is 8.22. The molecule has 0 aliphatic rings. The van der Waals surface area contributed by atoms with Gasteiger partial charge in [-0.25, -0.2) is 0 Å². The molecule has 4 heteroatoms. The van der Waals surface area contributed by atoms with Crippen LogP contribution in [0.5, 0.6) is 5.75 Å². The zero-order valence-electron chi connectivity index (χ0n) is 10.5. The smallest absolute Gasteiger partial charge is 0.119 e. The summed E-state index contributed by atoms with van der Waals surface area (Å²) in [5.41, 5.74) is 1.20. The van der Waals surface area contributed by atoms with Crippen molar-refractivity contribution in [3.8, 4) is 5.75 Å². The fourth-order valence-electron chi connectivity index (χ4n) is 1.47. The SMILES string of the molecule is CCOc1ccc(CNC(CC)CO)cc1.Cl. The maximum atomic E-state index is 9.04. The van der Waals surface area contributed by atoms with Gasteiger partial charge in [-0.3, -0.25) is 0 Å². The molecule has 98 valence electrons. The molecule has 0 bridgehead atoms. The first-order chi connectivity index (χ1) is 7.80. The molecule has 0 saturated carbocycles. The first-order valence-corrected chi connectivity index (χ1v) is 5.86. The summed E-state index contributed by atoms with van der Waals surface area (Å²) in [6.07, 6.45) is 0.938. The van der Waals surface area contributed by atoms with Crippen molar-refractivity contribution in [2.24, 2.45) is 0 Å². The van der Waals surface area contributed by atoms with Gasteiger partial charge in [-0.15, -0.1) is 12.4 Å². The highest BCUT2D eigenvalue weighted by atomic mass is 35.5. The van der Waals surface area contributed by atoms with E-state index >= 15 is 0 Å². The van der Waals surface area contributed by atoms with Crippen LogP contribution in [0.3, 0.4) is 0 Å². The van der Waals surface area contributed by atoms with E-state index < -0.39 is 0 Å². The summed E-state index contributed by atoms with van der Waals surface area (Å²) in [5, 5.41) is 12.3. The molecule has 1 atom stereocenters. The topological polar surface area (TPSA) is 41.5 Å². The van der Waals surface area contributed by atoms with Crippen LogP contribution in [0.2, 0.25) is 0 Å². The molecule has 0 heterocycles. The van der Waals surface area contributed by atoms with Crippen molar-refractivity contribution in [2.45, 2.75) is 32.9 Å². The molecule has 0 aliphatic carbocycles. The first kappa shape index (κ1) is 16.2. The van der Waals surface area contributed by atoms with Crippen LogP contribution in [0.25, 0.3) is 0 Å². The largest absolute Gasteiger partial charge is 0.494 e. The Morgan fingerprint density at radius 1 is 1.24 bits per heavy atom. The Hall–Kier alpha value is -0.770. The second-order valence-corrected chi connectivity index (χ2v) is 3.75. The van der Waals surface area contributed by atoms with Gasteiger partial charge in [0.1, 0.15) is 5.75 Å². The van der Waals surface area contributed by atoms with E-state index in [4.69, 9.17) is 9.84 Å². The van der Waals surface area contributed by atoms with Gasteiger partial charge in [-0.2, -0.15) is 0 Å². The van der Waals surface area contributed by atoms with Crippen LogP contribution >= 0.6 is 12.4 Å². The molecular formula is C13H22ClNO2. The van der Waals surface area contributed by atoms with Gasteiger partial charge in [0, 0.05) is 12.6 Å². The average molecular weight is 260 g/mol. The minimum Gasteiger partial charge on any atom is -0.494 e. The standard InChI is InChI=1S/C13H21NO2.ClH/c1-3-12(10-15)14-9-11-5-7-13(8-6-11)16-4-2;/h5-8,12,14-15H,3-4,9-10H2,1-2H3;1H. The number of halogens is 1. The second-order valence-electron chi connectivity index (χ2n) is 3.75. The molecule has 1 unspecified atom stereocenters. The number of aliphatic hydroxyl groups is 1. The van der Waals surface area contributed by atoms with Crippen LogP contribution in [-0.2, 0) is 6.54 Å². The van der Waals surface area contributed by atoms with E-state index in [2.05, 4.69) is 12.2 Å². The number of hydrogen-bond acceptors (Lipinski definition) is 3. The normalized spacial score (nSPS) is 11.7. The lowest BCUT2D eigenvalue weighted by Crippen LogP contribution is -2.31. The van der Waals surface area contributed by atoms with Gasteiger partial charge in [0.25, 0.3) is 0 Å². The Balaban J connectivity index is 0.00000256. The molecule has 0 aromatic heterocycles. The van der Waals surface area contributed by atoms with Crippen molar-refractivity contribution in [3.63, 3.8) is 0 Å². The van der Waals surface area contributed by atoms with Crippen LogP contribution in [0.1, 0.15) is 25.8 Å². The molecule has 3 nitrogen and oxygen atoms in total. The van der Waals surface area contributed by atoms with Gasteiger partial charge in [0.2, 0.25) is 0 Å². The summed E-state index contributed by atoms with van der Waals surface area (Å²) in [5.74, 6) is 0.903.